The predicted octanol–water partition coefficient (Wildman–Crippen LogP) is 2.91. The van der Waals surface area contributed by atoms with Gasteiger partial charge in [0.05, 0.1) is 13.5 Å². The number of rotatable bonds is 7. The zero-order valence-corrected chi connectivity index (χ0v) is 14.6. The van der Waals surface area contributed by atoms with Crippen LogP contribution in [0.2, 0.25) is 0 Å². The number of ether oxygens (including phenoxy) is 1. The molecule has 138 valence electrons. The number of nitrogens with zero attached hydrogens (tertiary/aromatic N) is 1. The third-order valence-corrected chi connectivity index (χ3v) is 3.94. The van der Waals surface area contributed by atoms with Crippen LogP contribution in [-0.2, 0) is 17.8 Å². The molecule has 0 atom stereocenters. The Bertz CT molecular complexity index is 950. The average molecular weight is 366 g/mol. The van der Waals surface area contributed by atoms with Gasteiger partial charge in [0.25, 0.3) is 0 Å². The van der Waals surface area contributed by atoms with Crippen LogP contribution in [0.15, 0.2) is 59.2 Å². The summed E-state index contributed by atoms with van der Waals surface area (Å²) in [6, 6.07) is 14.7. The SMILES string of the molecule is COc1cc(-c2nc(C(=O)O)co2)ccc1CNC(=O)Cc1ccccc1. The molecular weight excluding hydrogens is 348 g/mol. The zero-order chi connectivity index (χ0) is 19.2. The molecule has 0 aliphatic heterocycles. The molecule has 0 saturated carbocycles. The summed E-state index contributed by atoms with van der Waals surface area (Å²) in [5.41, 5.74) is 2.14. The number of amides is 1. The van der Waals surface area contributed by atoms with Gasteiger partial charge in [0.1, 0.15) is 12.0 Å². The topological polar surface area (TPSA) is 102 Å². The second-order valence-electron chi connectivity index (χ2n) is 5.81. The molecule has 0 aliphatic carbocycles. The van der Waals surface area contributed by atoms with E-state index in [0.717, 1.165) is 17.4 Å². The van der Waals surface area contributed by atoms with Gasteiger partial charge in [0.15, 0.2) is 5.69 Å². The van der Waals surface area contributed by atoms with E-state index in [1.54, 1.807) is 18.2 Å². The number of carbonyl (C=O) groups excluding carboxylic acids is 1. The number of hydrogen-bond acceptors (Lipinski definition) is 5. The van der Waals surface area contributed by atoms with E-state index in [1.165, 1.54) is 7.11 Å². The van der Waals surface area contributed by atoms with Gasteiger partial charge in [-0.25, -0.2) is 9.78 Å². The first kappa shape index (κ1) is 18.2. The van der Waals surface area contributed by atoms with E-state index in [1.807, 2.05) is 30.3 Å². The molecule has 0 unspecified atom stereocenters. The molecule has 0 radical (unpaired) electrons. The number of carboxylic acid groups (broad SMARTS) is 1. The Labute approximate surface area is 155 Å². The number of nitrogens with one attached hydrogen (secondary N) is 1. The van der Waals surface area contributed by atoms with Crippen molar-refractivity contribution >= 4 is 11.9 Å². The van der Waals surface area contributed by atoms with E-state index in [9.17, 15) is 9.59 Å². The van der Waals surface area contributed by atoms with Gasteiger partial charge in [-0.1, -0.05) is 36.4 Å². The highest BCUT2D eigenvalue weighted by atomic mass is 16.5. The van der Waals surface area contributed by atoms with Crippen LogP contribution < -0.4 is 10.1 Å². The van der Waals surface area contributed by atoms with Crippen LogP contribution in [0.25, 0.3) is 11.5 Å². The molecule has 1 aromatic heterocycles. The number of oxazole rings is 1. The lowest BCUT2D eigenvalue weighted by atomic mass is 10.1. The van der Waals surface area contributed by atoms with Crippen molar-refractivity contribution < 1.29 is 23.8 Å². The molecule has 2 N–H and O–H groups in total. The van der Waals surface area contributed by atoms with Gasteiger partial charge in [-0.05, 0) is 17.7 Å². The molecule has 7 heteroatoms. The summed E-state index contributed by atoms with van der Waals surface area (Å²) < 4.78 is 10.6. The van der Waals surface area contributed by atoms with E-state index in [-0.39, 0.29) is 17.5 Å². The summed E-state index contributed by atoms with van der Waals surface area (Å²) in [7, 11) is 1.52. The minimum Gasteiger partial charge on any atom is -0.496 e. The largest absolute Gasteiger partial charge is 0.496 e. The van der Waals surface area contributed by atoms with Gasteiger partial charge in [-0.15, -0.1) is 0 Å². The van der Waals surface area contributed by atoms with Crippen molar-refractivity contribution in [1.82, 2.24) is 10.3 Å². The van der Waals surface area contributed by atoms with Gasteiger partial charge < -0.3 is 19.6 Å². The van der Waals surface area contributed by atoms with Gasteiger partial charge in [-0.2, -0.15) is 0 Å². The van der Waals surface area contributed by atoms with E-state index in [4.69, 9.17) is 14.3 Å². The second kappa shape index (κ2) is 8.18. The van der Waals surface area contributed by atoms with E-state index in [0.29, 0.717) is 24.3 Å². The van der Waals surface area contributed by atoms with Crippen molar-refractivity contribution in [3.8, 4) is 17.2 Å². The zero-order valence-electron chi connectivity index (χ0n) is 14.6. The van der Waals surface area contributed by atoms with Crippen molar-refractivity contribution in [2.24, 2.45) is 0 Å². The van der Waals surface area contributed by atoms with E-state index < -0.39 is 5.97 Å². The summed E-state index contributed by atoms with van der Waals surface area (Å²) in [6.45, 7) is 0.307. The fraction of sp³-hybridized carbons (Fsp3) is 0.150. The monoisotopic (exact) mass is 366 g/mol. The third-order valence-electron chi connectivity index (χ3n) is 3.94. The average Bonchev–Trinajstić information content (AvgIpc) is 3.17. The Morgan fingerprint density at radius 2 is 1.96 bits per heavy atom. The highest BCUT2D eigenvalue weighted by Crippen LogP contribution is 2.27. The summed E-state index contributed by atoms with van der Waals surface area (Å²) in [5, 5.41) is 11.8. The fourth-order valence-corrected chi connectivity index (χ4v) is 2.57. The fourth-order valence-electron chi connectivity index (χ4n) is 2.57. The summed E-state index contributed by atoms with van der Waals surface area (Å²) in [5.74, 6) is -0.520. The first-order valence-corrected chi connectivity index (χ1v) is 8.23. The Hall–Kier alpha value is -3.61. The molecule has 0 fully saturated rings. The number of benzene rings is 2. The molecule has 3 rings (SSSR count). The lowest BCUT2D eigenvalue weighted by Gasteiger charge is -2.11. The maximum absolute atomic E-state index is 12.1. The third kappa shape index (κ3) is 4.52. The Morgan fingerprint density at radius 3 is 2.63 bits per heavy atom. The van der Waals surface area contributed by atoms with Gasteiger partial charge >= 0.3 is 5.97 Å². The number of methoxy groups -OCH3 is 1. The van der Waals surface area contributed by atoms with Crippen LogP contribution in [0.4, 0.5) is 0 Å². The molecule has 0 spiro atoms. The minimum atomic E-state index is -1.16. The number of aromatic nitrogens is 1. The lowest BCUT2D eigenvalue weighted by Crippen LogP contribution is -2.24. The summed E-state index contributed by atoms with van der Waals surface area (Å²) >= 11 is 0. The van der Waals surface area contributed by atoms with E-state index >= 15 is 0 Å². The molecule has 3 aromatic rings. The lowest BCUT2D eigenvalue weighted by molar-refractivity contribution is -0.120. The number of carboxylic acids is 1. The van der Waals surface area contributed by atoms with Crippen LogP contribution >= 0.6 is 0 Å². The highest BCUT2D eigenvalue weighted by molar-refractivity contribution is 5.85. The normalized spacial score (nSPS) is 10.4. The smallest absolute Gasteiger partial charge is 0.357 e. The van der Waals surface area contributed by atoms with E-state index in [2.05, 4.69) is 10.3 Å². The van der Waals surface area contributed by atoms with Crippen molar-refractivity contribution in [3.63, 3.8) is 0 Å². The van der Waals surface area contributed by atoms with Crippen LogP contribution in [-0.4, -0.2) is 29.1 Å². The molecule has 7 nitrogen and oxygen atoms in total. The Balaban J connectivity index is 1.68. The van der Waals surface area contributed by atoms with Crippen LogP contribution in [0.1, 0.15) is 21.6 Å². The van der Waals surface area contributed by atoms with Crippen LogP contribution in [0, 0.1) is 0 Å². The van der Waals surface area contributed by atoms with Crippen molar-refractivity contribution in [3.05, 3.63) is 71.6 Å². The highest BCUT2D eigenvalue weighted by Gasteiger charge is 2.14. The summed E-state index contributed by atoms with van der Waals surface area (Å²) in [6.07, 6.45) is 1.39. The molecule has 0 aliphatic rings. The van der Waals surface area contributed by atoms with Crippen LogP contribution in [0.5, 0.6) is 5.75 Å². The molecule has 0 bridgehead atoms. The first-order valence-electron chi connectivity index (χ1n) is 8.23. The maximum atomic E-state index is 12.1. The minimum absolute atomic E-state index is 0.0915. The van der Waals surface area contributed by atoms with Gasteiger partial charge in [-0.3, -0.25) is 4.79 Å². The van der Waals surface area contributed by atoms with Crippen molar-refractivity contribution in [1.29, 1.82) is 0 Å². The summed E-state index contributed by atoms with van der Waals surface area (Å²) in [4.78, 5) is 26.9. The molecule has 2 aromatic carbocycles. The number of hydrogen-bond donors (Lipinski definition) is 2. The Kier molecular flexibility index (Phi) is 5.51. The second-order valence-corrected chi connectivity index (χ2v) is 5.81. The molecule has 1 heterocycles. The predicted molar refractivity (Wildman–Crippen MR) is 97.4 cm³/mol. The van der Waals surface area contributed by atoms with Crippen molar-refractivity contribution in [2.75, 3.05) is 7.11 Å². The van der Waals surface area contributed by atoms with Gasteiger partial charge in [0.2, 0.25) is 11.8 Å². The molecule has 27 heavy (non-hydrogen) atoms. The first-order chi connectivity index (χ1) is 13.1. The molecular formula is C20H18N2O5. The van der Waals surface area contributed by atoms with Crippen molar-refractivity contribution in [2.45, 2.75) is 13.0 Å². The Morgan fingerprint density at radius 1 is 1.19 bits per heavy atom. The molecule has 0 saturated heterocycles. The number of carbonyl (C=O) groups is 2. The van der Waals surface area contributed by atoms with Crippen LogP contribution in [0.3, 0.4) is 0 Å². The van der Waals surface area contributed by atoms with Gasteiger partial charge in [0, 0.05) is 17.7 Å². The molecule has 1 amide bonds. The maximum Gasteiger partial charge on any atom is 0.357 e. The quantitative estimate of drug-likeness (QED) is 0.667. The number of aromatic carboxylic acids is 1. The standard InChI is InChI=1S/C20H18N2O5/c1-26-17-10-14(19-22-16(12-27-19)20(24)25)7-8-15(17)11-21-18(23)9-13-5-3-2-4-6-13/h2-8,10,12H,9,11H2,1H3,(H,21,23)(H,24,25).